The van der Waals surface area contributed by atoms with Gasteiger partial charge in [0.2, 0.25) is 5.75 Å². The summed E-state index contributed by atoms with van der Waals surface area (Å²) in [6.07, 6.45) is 1.31. The van der Waals surface area contributed by atoms with Gasteiger partial charge >= 0.3 is 10.1 Å². The van der Waals surface area contributed by atoms with Crippen molar-refractivity contribution in [2.24, 2.45) is 0 Å². The van der Waals surface area contributed by atoms with Crippen LogP contribution in [0.1, 0.15) is 18.1 Å². The second-order valence-corrected chi connectivity index (χ2v) is 11.0. The molecule has 0 spiro atoms. The van der Waals surface area contributed by atoms with Crippen molar-refractivity contribution < 1.29 is 22.1 Å². The summed E-state index contributed by atoms with van der Waals surface area (Å²) in [7, 11) is -4.18. The number of nitriles is 1. The van der Waals surface area contributed by atoms with Gasteiger partial charge in [0.1, 0.15) is 16.5 Å². The minimum Gasteiger partial charge on any atom is -0.490 e. The van der Waals surface area contributed by atoms with Gasteiger partial charge in [-0.3, -0.25) is 4.79 Å². The number of rotatable bonds is 8. The van der Waals surface area contributed by atoms with Gasteiger partial charge in [-0.2, -0.15) is 13.7 Å². The summed E-state index contributed by atoms with van der Waals surface area (Å²) in [4.78, 5) is 12.8. The molecule has 1 N–H and O–H groups in total. The molecule has 0 radical (unpaired) electrons. The van der Waals surface area contributed by atoms with E-state index in [4.69, 9.17) is 20.5 Å². The van der Waals surface area contributed by atoms with Crippen LogP contribution in [0.5, 0.6) is 11.5 Å². The Morgan fingerprint density at radius 2 is 1.78 bits per heavy atom. The van der Waals surface area contributed by atoms with Gasteiger partial charge in [0.15, 0.2) is 5.75 Å². The topological polar surface area (TPSA) is 105 Å². The number of hydrogen-bond acceptors (Lipinski definition) is 6. The van der Waals surface area contributed by atoms with Gasteiger partial charge in [0, 0.05) is 8.95 Å². The number of ether oxygens (including phenoxy) is 1. The van der Waals surface area contributed by atoms with Crippen molar-refractivity contribution in [3.63, 3.8) is 0 Å². The lowest BCUT2D eigenvalue weighted by Crippen LogP contribution is -2.14. The fraction of sp³-hybridized carbons (Fsp3) is 0.120. The number of carbonyl (C=O) groups excluding carboxylic acids is 1. The summed E-state index contributed by atoms with van der Waals surface area (Å²) in [6, 6.07) is 15.9. The Labute approximate surface area is 231 Å². The van der Waals surface area contributed by atoms with E-state index in [1.807, 2.05) is 25.1 Å². The Bertz CT molecular complexity index is 1460. The predicted molar refractivity (Wildman–Crippen MR) is 146 cm³/mol. The average Bonchev–Trinajstić information content (AvgIpc) is 2.82. The van der Waals surface area contributed by atoms with Crippen molar-refractivity contribution in [3.05, 3.63) is 85.3 Å². The number of hydrogen-bond donors (Lipinski definition) is 1. The second-order valence-electron chi connectivity index (χ2n) is 7.34. The molecule has 11 heteroatoms. The molecule has 0 aliphatic heterocycles. The van der Waals surface area contributed by atoms with Crippen LogP contribution in [-0.4, -0.2) is 20.9 Å². The van der Waals surface area contributed by atoms with Gasteiger partial charge in [0.05, 0.1) is 17.3 Å². The van der Waals surface area contributed by atoms with Crippen LogP contribution in [0.15, 0.2) is 74.0 Å². The molecule has 7 nitrogen and oxygen atoms in total. The molecule has 0 aliphatic carbocycles. The van der Waals surface area contributed by atoms with Gasteiger partial charge in [-0.15, -0.1) is 0 Å². The van der Waals surface area contributed by atoms with Crippen LogP contribution in [0.2, 0.25) is 5.02 Å². The number of anilines is 1. The van der Waals surface area contributed by atoms with Gasteiger partial charge in [-0.05, 0) is 99.3 Å². The number of benzene rings is 3. The van der Waals surface area contributed by atoms with Crippen molar-refractivity contribution in [3.8, 4) is 17.6 Å². The van der Waals surface area contributed by atoms with Crippen LogP contribution >= 0.6 is 43.5 Å². The lowest BCUT2D eigenvalue weighted by molar-refractivity contribution is -0.112. The Morgan fingerprint density at radius 1 is 1.14 bits per heavy atom. The van der Waals surface area contributed by atoms with E-state index in [0.717, 1.165) is 5.56 Å². The molecular formula is C25H19Br2ClN2O5S. The number of halogens is 3. The van der Waals surface area contributed by atoms with E-state index in [2.05, 4.69) is 37.2 Å². The van der Waals surface area contributed by atoms with Crippen molar-refractivity contribution in [2.45, 2.75) is 18.7 Å². The molecule has 3 aromatic carbocycles. The SMILES string of the molecule is CCOc1cc(/C=C(\C#N)C(=O)Nc2c(Br)cc(C)cc2Br)cc(Cl)c1OS(=O)(=O)c1ccccc1. The molecule has 0 fully saturated rings. The summed E-state index contributed by atoms with van der Waals surface area (Å²) < 4.78 is 37.5. The number of carbonyl (C=O) groups is 1. The fourth-order valence-corrected chi connectivity index (χ4v) is 5.97. The fourth-order valence-electron chi connectivity index (χ4n) is 3.08. The first-order valence-electron chi connectivity index (χ1n) is 10.4. The highest BCUT2D eigenvalue weighted by molar-refractivity contribution is 9.11. The second kappa shape index (κ2) is 11.9. The van der Waals surface area contributed by atoms with Crippen molar-refractivity contribution >= 4 is 71.2 Å². The van der Waals surface area contributed by atoms with E-state index in [1.165, 1.54) is 30.3 Å². The number of amides is 1. The van der Waals surface area contributed by atoms with Crippen LogP contribution in [0.3, 0.4) is 0 Å². The van der Waals surface area contributed by atoms with Crippen LogP contribution < -0.4 is 14.2 Å². The first-order chi connectivity index (χ1) is 17.1. The minimum atomic E-state index is -4.18. The minimum absolute atomic E-state index is 0.0393. The molecule has 36 heavy (non-hydrogen) atoms. The van der Waals surface area contributed by atoms with Crippen LogP contribution in [0.4, 0.5) is 5.69 Å². The summed E-state index contributed by atoms with van der Waals surface area (Å²) in [5.74, 6) is -0.809. The molecule has 0 saturated carbocycles. The van der Waals surface area contributed by atoms with E-state index in [0.29, 0.717) is 20.2 Å². The maximum absolute atomic E-state index is 12.8. The summed E-state index contributed by atoms with van der Waals surface area (Å²) in [5.41, 5.74) is 1.56. The zero-order valence-corrected chi connectivity index (χ0v) is 23.8. The molecule has 0 aromatic heterocycles. The maximum atomic E-state index is 12.8. The highest BCUT2D eigenvalue weighted by Crippen LogP contribution is 2.39. The third-order valence-electron chi connectivity index (χ3n) is 4.66. The molecule has 0 bridgehead atoms. The largest absolute Gasteiger partial charge is 0.490 e. The number of aryl methyl sites for hydroxylation is 1. The Kier molecular flexibility index (Phi) is 9.19. The van der Waals surface area contributed by atoms with Gasteiger partial charge in [-0.25, -0.2) is 0 Å². The van der Waals surface area contributed by atoms with Gasteiger partial charge < -0.3 is 14.2 Å². The lowest BCUT2D eigenvalue weighted by Gasteiger charge is -2.14. The Hall–Kier alpha value is -2.84. The normalized spacial score (nSPS) is 11.5. The van der Waals surface area contributed by atoms with E-state index in [-0.39, 0.29) is 33.6 Å². The number of nitrogens with one attached hydrogen (secondary N) is 1. The molecule has 1 amide bonds. The van der Waals surface area contributed by atoms with Gasteiger partial charge in [-0.1, -0.05) is 29.8 Å². The molecule has 3 rings (SSSR count). The number of nitrogens with zero attached hydrogens (tertiary/aromatic N) is 1. The van der Waals surface area contributed by atoms with Crippen LogP contribution in [0.25, 0.3) is 6.08 Å². The highest BCUT2D eigenvalue weighted by atomic mass is 79.9. The molecule has 0 saturated heterocycles. The third kappa shape index (κ3) is 6.68. The molecule has 3 aromatic rings. The summed E-state index contributed by atoms with van der Waals surface area (Å²) in [6.45, 7) is 3.80. The molecule has 186 valence electrons. The lowest BCUT2D eigenvalue weighted by atomic mass is 10.1. The van der Waals surface area contributed by atoms with Crippen LogP contribution in [-0.2, 0) is 14.9 Å². The summed E-state index contributed by atoms with van der Waals surface area (Å²) >= 11 is 13.2. The van der Waals surface area contributed by atoms with E-state index in [1.54, 1.807) is 25.1 Å². The molecule has 0 aliphatic rings. The predicted octanol–water partition coefficient (Wildman–Crippen LogP) is 6.89. The third-order valence-corrected chi connectivity index (χ3v) is 7.42. The van der Waals surface area contributed by atoms with E-state index >= 15 is 0 Å². The average molecular weight is 655 g/mol. The van der Waals surface area contributed by atoms with Crippen molar-refractivity contribution in [1.29, 1.82) is 5.26 Å². The molecule has 0 atom stereocenters. The Balaban J connectivity index is 1.96. The maximum Gasteiger partial charge on any atom is 0.339 e. The van der Waals surface area contributed by atoms with Gasteiger partial charge in [0.25, 0.3) is 5.91 Å². The first kappa shape index (κ1) is 27.7. The van der Waals surface area contributed by atoms with Crippen molar-refractivity contribution in [2.75, 3.05) is 11.9 Å². The standard InChI is InChI=1S/C25H19Br2ClN2O5S/c1-3-34-22-13-16(12-21(28)24(22)35-36(32,33)18-7-5-4-6-8-18)11-17(14-29)25(31)30-23-19(26)9-15(2)10-20(23)27/h4-13H,3H2,1-2H3,(H,30,31)/b17-11+. The van der Waals surface area contributed by atoms with E-state index in [9.17, 15) is 18.5 Å². The smallest absolute Gasteiger partial charge is 0.339 e. The highest BCUT2D eigenvalue weighted by Gasteiger charge is 2.23. The first-order valence-corrected chi connectivity index (χ1v) is 13.8. The molecular weight excluding hydrogens is 636 g/mol. The zero-order valence-electron chi connectivity index (χ0n) is 19.0. The van der Waals surface area contributed by atoms with Crippen LogP contribution in [0, 0.1) is 18.3 Å². The molecule has 0 unspecified atom stereocenters. The summed E-state index contributed by atoms with van der Waals surface area (Å²) in [5, 5.41) is 12.2. The van der Waals surface area contributed by atoms with E-state index < -0.39 is 16.0 Å². The quantitative estimate of drug-likeness (QED) is 0.161. The van der Waals surface area contributed by atoms with Crippen molar-refractivity contribution in [1.82, 2.24) is 0 Å². The zero-order chi connectivity index (χ0) is 26.5. The Morgan fingerprint density at radius 3 is 2.36 bits per heavy atom. The monoisotopic (exact) mass is 652 g/mol. The molecule has 0 heterocycles.